The van der Waals surface area contributed by atoms with E-state index in [4.69, 9.17) is 9.47 Å². The van der Waals surface area contributed by atoms with Gasteiger partial charge in [-0.2, -0.15) is 12.6 Å². The van der Waals surface area contributed by atoms with Crippen molar-refractivity contribution < 1.29 is 24.2 Å². The summed E-state index contributed by atoms with van der Waals surface area (Å²) < 4.78 is 11.2. The van der Waals surface area contributed by atoms with Crippen LogP contribution in [0.3, 0.4) is 0 Å². The Kier molecular flexibility index (Phi) is 7.77. The summed E-state index contributed by atoms with van der Waals surface area (Å²) in [5, 5.41) is 16.6. The number of rotatable bonds is 8. The summed E-state index contributed by atoms with van der Waals surface area (Å²) in [6.07, 6.45) is -0.770. The van der Waals surface area contributed by atoms with Gasteiger partial charge in [0.05, 0.1) is 18.0 Å². The predicted octanol–water partition coefficient (Wildman–Crippen LogP) is 6.49. The van der Waals surface area contributed by atoms with Crippen molar-refractivity contribution >= 4 is 51.9 Å². The number of carbonyl (C=O) groups excluding carboxylic acids is 2. The Morgan fingerprint density at radius 1 is 0.914 bits per heavy atom. The molecule has 0 aliphatic carbocycles. The highest BCUT2D eigenvalue weighted by Gasteiger charge is 2.26. The molecule has 4 rings (SSSR count). The van der Waals surface area contributed by atoms with Crippen LogP contribution in [-0.2, 0) is 14.3 Å². The number of carbonyl (C=O) groups is 2. The number of hydrogen-bond donors (Lipinski definition) is 3. The zero-order valence-corrected chi connectivity index (χ0v) is 20.2. The SMILES string of the molecule is C[C@H](CCOC(=O)CS)[C@H](OC(=O)Nc1cccc2ccccc12)c1ccc(O)c2ccccc12. The van der Waals surface area contributed by atoms with Crippen LogP contribution in [0, 0.1) is 5.92 Å². The summed E-state index contributed by atoms with van der Waals surface area (Å²) in [6.45, 7) is 2.12. The molecule has 0 aromatic heterocycles. The van der Waals surface area contributed by atoms with Crippen molar-refractivity contribution in [2.45, 2.75) is 19.4 Å². The fourth-order valence-electron chi connectivity index (χ4n) is 4.19. The highest BCUT2D eigenvalue weighted by atomic mass is 32.1. The van der Waals surface area contributed by atoms with Crippen molar-refractivity contribution in [3.63, 3.8) is 0 Å². The van der Waals surface area contributed by atoms with Crippen LogP contribution in [0.15, 0.2) is 78.9 Å². The van der Waals surface area contributed by atoms with Crippen molar-refractivity contribution in [2.75, 3.05) is 17.7 Å². The Labute approximate surface area is 209 Å². The number of nitrogens with one attached hydrogen (secondary N) is 1. The number of phenolic OH excluding ortho intramolecular Hbond substituents is 1. The molecule has 2 N–H and O–H groups in total. The van der Waals surface area contributed by atoms with Crippen molar-refractivity contribution in [1.29, 1.82) is 0 Å². The molecule has 35 heavy (non-hydrogen) atoms. The van der Waals surface area contributed by atoms with Gasteiger partial charge in [-0.1, -0.05) is 73.7 Å². The lowest BCUT2D eigenvalue weighted by atomic mass is 9.90. The Morgan fingerprint density at radius 3 is 2.37 bits per heavy atom. The molecule has 0 bridgehead atoms. The summed E-state index contributed by atoms with van der Waals surface area (Å²) in [5.74, 6) is -0.431. The van der Waals surface area contributed by atoms with E-state index in [2.05, 4.69) is 17.9 Å². The second-order valence-corrected chi connectivity index (χ2v) is 8.66. The smallest absolute Gasteiger partial charge is 0.412 e. The summed E-state index contributed by atoms with van der Waals surface area (Å²) in [7, 11) is 0. The highest BCUT2D eigenvalue weighted by Crippen LogP contribution is 2.37. The van der Waals surface area contributed by atoms with Crippen LogP contribution < -0.4 is 5.32 Å². The van der Waals surface area contributed by atoms with E-state index in [9.17, 15) is 14.7 Å². The van der Waals surface area contributed by atoms with Crippen molar-refractivity contribution in [2.24, 2.45) is 5.92 Å². The van der Waals surface area contributed by atoms with Gasteiger partial charge in [-0.05, 0) is 29.3 Å². The molecule has 180 valence electrons. The number of anilines is 1. The van der Waals surface area contributed by atoms with Crippen LogP contribution in [0.1, 0.15) is 25.0 Å². The van der Waals surface area contributed by atoms with Crippen molar-refractivity contribution in [1.82, 2.24) is 0 Å². The molecule has 0 spiro atoms. The van der Waals surface area contributed by atoms with E-state index >= 15 is 0 Å². The first-order valence-electron chi connectivity index (χ1n) is 11.4. The van der Waals surface area contributed by atoms with E-state index in [1.165, 1.54) is 0 Å². The van der Waals surface area contributed by atoms with E-state index in [0.29, 0.717) is 17.5 Å². The summed E-state index contributed by atoms with van der Waals surface area (Å²) >= 11 is 3.93. The van der Waals surface area contributed by atoms with Gasteiger partial charge in [-0.3, -0.25) is 10.1 Å². The molecule has 0 unspecified atom stereocenters. The van der Waals surface area contributed by atoms with Gasteiger partial charge in [0.2, 0.25) is 0 Å². The number of esters is 1. The molecule has 0 heterocycles. The topological polar surface area (TPSA) is 84.9 Å². The molecule has 1 amide bonds. The average Bonchev–Trinajstić information content (AvgIpc) is 2.88. The number of thiol groups is 1. The minimum absolute atomic E-state index is 0.00431. The Hall–Kier alpha value is -3.71. The van der Waals surface area contributed by atoms with Gasteiger partial charge in [0.1, 0.15) is 11.9 Å². The van der Waals surface area contributed by atoms with Gasteiger partial charge in [-0.25, -0.2) is 4.79 Å². The lowest BCUT2D eigenvalue weighted by Crippen LogP contribution is -2.23. The van der Waals surface area contributed by atoms with Crippen LogP contribution in [0.4, 0.5) is 10.5 Å². The van der Waals surface area contributed by atoms with Crippen LogP contribution in [0.25, 0.3) is 21.5 Å². The average molecular weight is 490 g/mol. The van der Waals surface area contributed by atoms with E-state index < -0.39 is 18.2 Å². The number of fused-ring (bicyclic) bond motifs is 2. The van der Waals surface area contributed by atoms with Crippen molar-refractivity contribution in [3.05, 3.63) is 84.4 Å². The standard InChI is InChI=1S/C28H27NO5S/c1-18(15-16-33-26(31)17-35)27(23-13-14-25(30)22-11-5-4-10-21(22)23)34-28(32)29-24-12-6-8-19-7-2-3-9-20(19)24/h2-14,18,27,30,35H,15-17H2,1H3,(H,29,32)/t18-,27+/m1/s1. The summed E-state index contributed by atoms with van der Waals surface area (Å²) in [5.41, 5.74) is 1.41. The second kappa shape index (κ2) is 11.1. The first-order valence-corrected chi connectivity index (χ1v) is 12.0. The monoisotopic (exact) mass is 489 g/mol. The maximum atomic E-state index is 13.1. The quantitative estimate of drug-likeness (QED) is 0.195. The lowest BCUT2D eigenvalue weighted by Gasteiger charge is -2.26. The van der Waals surface area contributed by atoms with Gasteiger partial charge in [-0.15, -0.1) is 0 Å². The van der Waals surface area contributed by atoms with Crippen LogP contribution in [0.2, 0.25) is 0 Å². The highest BCUT2D eigenvalue weighted by molar-refractivity contribution is 7.81. The largest absolute Gasteiger partial charge is 0.507 e. The number of aromatic hydroxyl groups is 1. The zero-order chi connectivity index (χ0) is 24.8. The fourth-order valence-corrected chi connectivity index (χ4v) is 4.28. The van der Waals surface area contributed by atoms with Crippen LogP contribution >= 0.6 is 12.6 Å². The normalized spacial score (nSPS) is 12.7. The van der Waals surface area contributed by atoms with Gasteiger partial charge in [0, 0.05) is 22.3 Å². The second-order valence-electron chi connectivity index (χ2n) is 8.34. The van der Waals surface area contributed by atoms with E-state index in [0.717, 1.165) is 21.7 Å². The predicted molar refractivity (Wildman–Crippen MR) is 141 cm³/mol. The van der Waals surface area contributed by atoms with Gasteiger partial charge < -0.3 is 14.6 Å². The molecule has 4 aromatic rings. The van der Waals surface area contributed by atoms with Gasteiger partial charge >= 0.3 is 12.1 Å². The van der Waals surface area contributed by atoms with Gasteiger partial charge in [0.15, 0.2) is 0 Å². The third-order valence-corrected chi connectivity index (χ3v) is 6.24. The molecule has 0 aliphatic heterocycles. The molecule has 6 nitrogen and oxygen atoms in total. The molecule has 0 saturated heterocycles. The van der Waals surface area contributed by atoms with Crippen molar-refractivity contribution in [3.8, 4) is 5.75 Å². The Morgan fingerprint density at radius 2 is 1.60 bits per heavy atom. The maximum absolute atomic E-state index is 13.1. The molecular weight excluding hydrogens is 462 g/mol. The number of amides is 1. The molecule has 0 saturated carbocycles. The number of hydrogen-bond acceptors (Lipinski definition) is 6. The maximum Gasteiger partial charge on any atom is 0.412 e. The van der Waals surface area contributed by atoms with Crippen LogP contribution in [0.5, 0.6) is 5.75 Å². The molecular formula is C28H27NO5S. The first kappa shape index (κ1) is 24.4. The molecule has 0 aliphatic rings. The number of phenols is 1. The first-order chi connectivity index (χ1) is 17.0. The van der Waals surface area contributed by atoms with E-state index in [1.807, 2.05) is 73.7 Å². The summed E-state index contributed by atoms with van der Waals surface area (Å²) in [6, 6.07) is 24.2. The Bertz CT molecular complexity index is 1350. The third kappa shape index (κ3) is 5.69. The minimum Gasteiger partial charge on any atom is -0.507 e. The minimum atomic E-state index is -0.648. The third-order valence-electron chi connectivity index (χ3n) is 5.98. The zero-order valence-electron chi connectivity index (χ0n) is 19.3. The van der Waals surface area contributed by atoms with Crippen LogP contribution in [-0.4, -0.2) is 29.5 Å². The van der Waals surface area contributed by atoms with E-state index in [-0.39, 0.29) is 24.0 Å². The molecule has 4 aromatic carbocycles. The molecule has 0 radical (unpaired) electrons. The van der Waals surface area contributed by atoms with Gasteiger partial charge in [0.25, 0.3) is 0 Å². The number of ether oxygens (including phenoxy) is 2. The lowest BCUT2D eigenvalue weighted by molar-refractivity contribution is -0.141. The molecule has 2 atom stereocenters. The van der Waals surface area contributed by atoms with E-state index in [1.54, 1.807) is 12.1 Å². The number of benzene rings is 4. The summed E-state index contributed by atoms with van der Waals surface area (Å²) in [4.78, 5) is 24.6. The fraction of sp³-hybridized carbons (Fsp3) is 0.214. The molecule has 7 heteroatoms. The Balaban J connectivity index is 1.62. The molecule has 0 fully saturated rings.